The highest BCUT2D eigenvalue weighted by Crippen LogP contribution is 2.39. The van der Waals surface area contributed by atoms with Crippen molar-refractivity contribution in [2.75, 3.05) is 18.0 Å². The number of halogens is 1. The molecule has 1 saturated heterocycles. The second-order valence-corrected chi connectivity index (χ2v) is 6.92. The summed E-state index contributed by atoms with van der Waals surface area (Å²) in [5.74, 6) is 0.729. The van der Waals surface area contributed by atoms with E-state index in [2.05, 4.69) is 27.5 Å². The molecule has 19 heavy (non-hydrogen) atoms. The first-order valence-corrected chi connectivity index (χ1v) is 8.01. The summed E-state index contributed by atoms with van der Waals surface area (Å²) in [4.78, 5) is 13.7. The van der Waals surface area contributed by atoms with Gasteiger partial charge in [-0.3, -0.25) is 0 Å². The molecule has 0 bridgehead atoms. The Bertz CT molecular complexity index is 489. The van der Waals surface area contributed by atoms with E-state index in [1.54, 1.807) is 6.07 Å². The fraction of sp³-hybridized carbons (Fsp3) is 0.533. The largest absolute Gasteiger partial charge is 0.478 e. The normalized spacial score (nSPS) is 26.3. The van der Waals surface area contributed by atoms with Crippen LogP contribution in [-0.2, 0) is 0 Å². The standard InChI is InChI=1S/C15H18INO2/c16-12-5-6-14(13(7-12)15(18)19)17-8-10-3-1-2-4-11(10)9-17/h5-7,10-11H,1-4,8-9H2,(H,18,19). The first kappa shape index (κ1) is 13.2. The highest BCUT2D eigenvalue weighted by atomic mass is 127. The number of benzene rings is 1. The lowest BCUT2D eigenvalue weighted by atomic mass is 9.82. The maximum atomic E-state index is 11.4. The van der Waals surface area contributed by atoms with E-state index in [0.717, 1.165) is 34.2 Å². The van der Waals surface area contributed by atoms with Gasteiger partial charge in [-0.25, -0.2) is 4.79 Å². The average molecular weight is 371 g/mol. The molecule has 3 rings (SSSR count). The molecule has 1 aliphatic heterocycles. The fourth-order valence-electron chi connectivity index (χ4n) is 3.56. The van der Waals surface area contributed by atoms with Crippen LogP contribution in [0.5, 0.6) is 0 Å². The van der Waals surface area contributed by atoms with Crippen LogP contribution in [0.4, 0.5) is 5.69 Å². The van der Waals surface area contributed by atoms with Gasteiger partial charge in [-0.15, -0.1) is 0 Å². The summed E-state index contributed by atoms with van der Waals surface area (Å²) >= 11 is 2.17. The summed E-state index contributed by atoms with van der Waals surface area (Å²) in [6.45, 7) is 2.07. The fourth-order valence-corrected chi connectivity index (χ4v) is 4.05. The van der Waals surface area contributed by atoms with Crippen LogP contribution in [0, 0.1) is 15.4 Å². The van der Waals surface area contributed by atoms with Crippen molar-refractivity contribution in [2.45, 2.75) is 25.7 Å². The SMILES string of the molecule is O=C(O)c1cc(I)ccc1N1CC2CCCCC2C1. The van der Waals surface area contributed by atoms with Crippen LogP contribution in [0.2, 0.25) is 0 Å². The third-order valence-corrected chi connectivity index (χ3v) is 5.18. The molecule has 3 nitrogen and oxygen atoms in total. The number of carboxylic acid groups (broad SMARTS) is 1. The minimum atomic E-state index is -0.816. The molecule has 1 N–H and O–H groups in total. The van der Waals surface area contributed by atoms with E-state index in [4.69, 9.17) is 0 Å². The number of carbonyl (C=O) groups is 1. The minimum absolute atomic E-state index is 0.450. The molecule has 1 heterocycles. The van der Waals surface area contributed by atoms with E-state index < -0.39 is 5.97 Å². The summed E-state index contributed by atoms with van der Waals surface area (Å²) in [5.41, 5.74) is 1.35. The molecule has 102 valence electrons. The van der Waals surface area contributed by atoms with Gasteiger partial charge in [-0.05, 0) is 65.5 Å². The summed E-state index contributed by atoms with van der Waals surface area (Å²) in [7, 11) is 0. The van der Waals surface area contributed by atoms with Crippen molar-refractivity contribution in [2.24, 2.45) is 11.8 Å². The molecule has 1 aromatic carbocycles. The molecule has 1 aromatic rings. The number of carboxylic acids is 1. The summed E-state index contributed by atoms with van der Waals surface area (Å²) in [5, 5.41) is 9.38. The lowest BCUT2D eigenvalue weighted by molar-refractivity contribution is 0.0697. The first-order valence-electron chi connectivity index (χ1n) is 6.93. The minimum Gasteiger partial charge on any atom is -0.478 e. The maximum absolute atomic E-state index is 11.4. The Morgan fingerprint density at radius 1 is 1.21 bits per heavy atom. The molecule has 2 fully saturated rings. The number of hydrogen-bond donors (Lipinski definition) is 1. The van der Waals surface area contributed by atoms with Crippen LogP contribution in [0.25, 0.3) is 0 Å². The van der Waals surface area contributed by atoms with Gasteiger partial charge in [0.2, 0.25) is 0 Å². The van der Waals surface area contributed by atoms with E-state index in [0.29, 0.717) is 5.56 Å². The molecule has 0 radical (unpaired) electrons. The van der Waals surface area contributed by atoms with Crippen molar-refractivity contribution in [1.29, 1.82) is 0 Å². The van der Waals surface area contributed by atoms with Crippen LogP contribution >= 0.6 is 22.6 Å². The van der Waals surface area contributed by atoms with E-state index in [9.17, 15) is 9.90 Å². The molecular weight excluding hydrogens is 353 g/mol. The Balaban J connectivity index is 1.88. The molecule has 1 aliphatic carbocycles. The van der Waals surface area contributed by atoms with Crippen molar-refractivity contribution in [3.05, 3.63) is 27.3 Å². The van der Waals surface area contributed by atoms with Crippen molar-refractivity contribution in [3.8, 4) is 0 Å². The average Bonchev–Trinajstić information content (AvgIpc) is 2.82. The zero-order chi connectivity index (χ0) is 13.4. The number of rotatable bonds is 2. The molecule has 2 atom stereocenters. The van der Waals surface area contributed by atoms with Gasteiger partial charge < -0.3 is 10.0 Å². The van der Waals surface area contributed by atoms with Crippen LogP contribution in [0.3, 0.4) is 0 Å². The predicted octanol–water partition coefficient (Wildman–Crippen LogP) is 3.62. The molecule has 0 spiro atoms. The zero-order valence-corrected chi connectivity index (χ0v) is 13.0. The van der Waals surface area contributed by atoms with Crippen LogP contribution < -0.4 is 4.90 Å². The number of fused-ring (bicyclic) bond motifs is 1. The van der Waals surface area contributed by atoms with Crippen molar-refractivity contribution in [3.63, 3.8) is 0 Å². The summed E-state index contributed by atoms with van der Waals surface area (Å²) in [6, 6.07) is 5.76. The van der Waals surface area contributed by atoms with Crippen LogP contribution in [-0.4, -0.2) is 24.2 Å². The maximum Gasteiger partial charge on any atom is 0.337 e. The second-order valence-electron chi connectivity index (χ2n) is 5.68. The van der Waals surface area contributed by atoms with Gasteiger partial charge in [-0.1, -0.05) is 12.8 Å². The van der Waals surface area contributed by atoms with Gasteiger partial charge in [0.15, 0.2) is 0 Å². The van der Waals surface area contributed by atoms with Crippen molar-refractivity contribution in [1.82, 2.24) is 0 Å². The van der Waals surface area contributed by atoms with E-state index in [-0.39, 0.29) is 0 Å². The smallest absolute Gasteiger partial charge is 0.337 e. The molecule has 0 aromatic heterocycles. The molecule has 1 saturated carbocycles. The van der Waals surface area contributed by atoms with Crippen LogP contribution in [0.15, 0.2) is 18.2 Å². The lowest BCUT2D eigenvalue weighted by Gasteiger charge is -2.22. The number of aromatic carboxylic acids is 1. The summed E-state index contributed by atoms with van der Waals surface area (Å²) < 4.78 is 0.982. The molecule has 0 amide bonds. The monoisotopic (exact) mass is 371 g/mol. The van der Waals surface area contributed by atoms with Gasteiger partial charge in [0.25, 0.3) is 0 Å². The Morgan fingerprint density at radius 3 is 2.42 bits per heavy atom. The topological polar surface area (TPSA) is 40.5 Å². The zero-order valence-electron chi connectivity index (χ0n) is 10.8. The third kappa shape index (κ3) is 2.59. The number of nitrogens with zero attached hydrogens (tertiary/aromatic N) is 1. The predicted molar refractivity (Wildman–Crippen MR) is 83.8 cm³/mol. The number of anilines is 1. The Kier molecular flexibility index (Phi) is 3.69. The Morgan fingerprint density at radius 2 is 1.84 bits per heavy atom. The quantitative estimate of drug-likeness (QED) is 0.808. The Hall–Kier alpha value is -0.780. The Labute approximate surface area is 127 Å². The van der Waals surface area contributed by atoms with Gasteiger partial charge in [0.05, 0.1) is 11.3 Å². The van der Waals surface area contributed by atoms with Gasteiger partial charge >= 0.3 is 5.97 Å². The third-order valence-electron chi connectivity index (χ3n) is 4.51. The molecule has 4 heteroatoms. The van der Waals surface area contributed by atoms with Gasteiger partial charge in [0.1, 0.15) is 0 Å². The van der Waals surface area contributed by atoms with Crippen molar-refractivity contribution >= 4 is 34.2 Å². The highest BCUT2D eigenvalue weighted by molar-refractivity contribution is 14.1. The lowest BCUT2D eigenvalue weighted by Crippen LogP contribution is -2.22. The molecular formula is C15H18INO2. The van der Waals surface area contributed by atoms with Crippen LogP contribution in [0.1, 0.15) is 36.0 Å². The first-order chi connectivity index (χ1) is 9.15. The van der Waals surface area contributed by atoms with E-state index in [1.165, 1.54) is 25.7 Å². The second kappa shape index (κ2) is 5.31. The van der Waals surface area contributed by atoms with E-state index in [1.807, 2.05) is 12.1 Å². The molecule has 2 aliphatic rings. The van der Waals surface area contributed by atoms with Gasteiger partial charge in [-0.2, -0.15) is 0 Å². The van der Waals surface area contributed by atoms with Crippen molar-refractivity contribution < 1.29 is 9.90 Å². The summed E-state index contributed by atoms with van der Waals surface area (Å²) in [6.07, 6.45) is 5.31. The van der Waals surface area contributed by atoms with E-state index >= 15 is 0 Å². The van der Waals surface area contributed by atoms with Gasteiger partial charge in [0, 0.05) is 16.7 Å². The molecule has 2 unspecified atom stereocenters. The highest BCUT2D eigenvalue weighted by Gasteiger charge is 2.35. The number of hydrogen-bond acceptors (Lipinski definition) is 2.